The fourth-order valence-electron chi connectivity index (χ4n) is 1.89. The Bertz CT molecular complexity index is 626. The van der Waals surface area contributed by atoms with Crippen molar-refractivity contribution in [2.75, 3.05) is 0 Å². The third-order valence-corrected chi connectivity index (χ3v) is 3.67. The molecular formula is C15H11Cl2F2NO. The van der Waals surface area contributed by atoms with Crippen molar-refractivity contribution in [3.05, 3.63) is 64.4 Å². The van der Waals surface area contributed by atoms with Crippen LogP contribution in [0.25, 0.3) is 0 Å². The van der Waals surface area contributed by atoms with Crippen molar-refractivity contribution in [2.24, 2.45) is 0 Å². The summed E-state index contributed by atoms with van der Waals surface area (Å²) in [5.74, 6) is -2.34. The average Bonchev–Trinajstić information content (AvgIpc) is 2.45. The van der Waals surface area contributed by atoms with Gasteiger partial charge >= 0.3 is 0 Å². The second-order valence-corrected chi connectivity index (χ2v) is 5.35. The second kappa shape index (κ2) is 6.96. The number of carbonyl (C=O) groups excluding carboxylic acids is 1. The van der Waals surface area contributed by atoms with Crippen LogP contribution in [-0.2, 0) is 0 Å². The number of benzene rings is 1. The molecule has 2 aromatic rings. The van der Waals surface area contributed by atoms with Gasteiger partial charge in [0.1, 0.15) is 16.8 Å². The van der Waals surface area contributed by atoms with Gasteiger partial charge in [0.05, 0.1) is 10.9 Å². The number of Topliss-reactive ketones (excluding diaryl/α,β-unsaturated/α-hetero) is 1. The lowest BCUT2D eigenvalue weighted by Crippen LogP contribution is -2.07. The first kappa shape index (κ1) is 15.9. The molecular weight excluding hydrogens is 319 g/mol. The first-order chi connectivity index (χ1) is 9.99. The van der Waals surface area contributed by atoms with Crippen molar-refractivity contribution in [2.45, 2.75) is 18.2 Å². The maximum absolute atomic E-state index is 13.5. The van der Waals surface area contributed by atoms with Gasteiger partial charge in [-0.1, -0.05) is 23.7 Å². The number of nitrogens with zero attached hydrogens (tertiary/aromatic N) is 1. The number of alkyl halides is 1. The van der Waals surface area contributed by atoms with E-state index in [4.69, 9.17) is 23.2 Å². The minimum atomic E-state index is -0.862. The number of carbonyl (C=O) groups is 1. The van der Waals surface area contributed by atoms with Crippen LogP contribution in [-0.4, -0.2) is 10.8 Å². The average molecular weight is 330 g/mol. The van der Waals surface area contributed by atoms with Gasteiger partial charge in [-0.2, -0.15) is 0 Å². The Kier molecular flexibility index (Phi) is 5.26. The van der Waals surface area contributed by atoms with Gasteiger partial charge in [-0.3, -0.25) is 4.79 Å². The molecule has 110 valence electrons. The Morgan fingerprint density at radius 2 is 1.86 bits per heavy atom. The zero-order valence-corrected chi connectivity index (χ0v) is 12.3. The third kappa shape index (κ3) is 3.99. The van der Waals surface area contributed by atoms with E-state index in [0.29, 0.717) is 10.7 Å². The van der Waals surface area contributed by atoms with Gasteiger partial charge in [0.2, 0.25) is 0 Å². The van der Waals surface area contributed by atoms with Gasteiger partial charge in [0.25, 0.3) is 0 Å². The molecule has 0 radical (unpaired) electrons. The van der Waals surface area contributed by atoms with Crippen LogP contribution in [0.3, 0.4) is 0 Å². The lowest BCUT2D eigenvalue weighted by molar-refractivity contribution is 0.0971. The minimum absolute atomic E-state index is 0.0609. The molecule has 1 heterocycles. The van der Waals surface area contributed by atoms with Gasteiger partial charge in [-0.15, -0.1) is 11.6 Å². The summed E-state index contributed by atoms with van der Waals surface area (Å²) in [4.78, 5) is 15.8. The summed E-state index contributed by atoms with van der Waals surface area (Å²) < 4.78 is 26.9. The third-order valence-electron chi connectivity index (χ3n) is 2.98. The zero-order valence-electron chi connectivity index (χ0n) is 10.8. The smallest absolute Gasteiger partial charge is 0.168 e. The molecule has 1 atom stereocenters. The minimum Gasteiger partial charge on any atom is -0.294 e. The maximum atomic E-state index is 13.5. The molecule has 2 rings (SSSR count). The predicted molar refractivity (Wildman–Crippen MR) is 77.8 cm³/mol. The van der Waals surface area contributed by atoms with E-state index in [0.717, 1.165) is 12.1 Å². The molecule has 0 aliphatic heterocycles. The summed E-state index contributed by atoms with van der Waals surface area (Å²) in [7, 11) is 0. The van der Waals surface area contributed by atoms with Gasteiger partial charge in [0, 0.05) is 12.6 Å². The maximum Gasteiger partial charge on any atom is 0.168 e. The van der Waals surface area contributed by atoms with Crippen LogP contribution in [0.4, 0.5) is 8.78 Å². The number of aromatic nitrogens is 1. The topological polar surface area (TPSA) is 30.0 Å². The van der Waals surface area contributed by atoms with Crippen molar-refractivity contribution in [1.82, 2.24) is 4.98 Å². The highest BCUT2D eigenvalue weighted by molar-refractivity contribution is 6.29. The summed E-state index contributed by atoms with van der Waals surface area (Å²) in [6.07, 6.45) is 1.69. The quantitative estimate of drug-likeness (QED) is 0.441. The molecule has 2 nitrogen and oxygen atoms in total. The summed E-state index contributed by atoms with van der Waals surface area (Å²) in [5.41, 5.74) is 0.179. The standard InChI is InChI=1S/C15H11Cl2F2NO/c16-10(9-4-7-14(17)20-8-9)5-6-13(21)15-11(18)2-1-3-12(15)19/h1-4,7-8,10H,5-6H2. The molecule has 0 spiro atoms. The summed E-state index contributed by atoms with van der Waals surface area (Å²) in [6, 6.07) is 6.60. The second-order valence-electron chi connectivity index (χ2n) is 4.44. The molecule has 0 saturated carbocycles. The van der Waals surface area contributed by atoms with Gasteiger partial charge in [-0.25, -0.2) is 13.8 Å². The predicted octanol–water partition coefficient (Wildman–Crippen LogP) is 4.96. The van der Waals surface area contributed by atoms with Crippen molar-refractivity contribution in [3.8, 4) is 0 Å². The Labute approximate surface area is 130 Å². The Morgan fingerprint density at radius 3 is 2.43 bits per heavy atom. The Hall–Kier alpha value is -1.52. The molecule has 0 bridgehead atoms. The molecule has 6 heteroatoms. The van der Waals surface area contributed by atoms with E-state index in [1.165, 1.54) is 12.3 Å². The number of hydrogen-bond donors (Lipinski definition) is 0. The van der Waals surface area contributed by atoms with Crippen LogP contribution in [0.15, 0.2) is 36.5 Å². The van der Waals surface area contributed by atoms with E-state index in [1.807, 2.05) is 0 Å². The highest BCUT2D eigenvalue weighted by Gasteiger charge is 2.18. The van der Waals surface area contributed by atoms with Gasteiger partial charge < -0.3 is 0 Å². The first-order valence-corrected chi connectivity index (χ1v) is 7.03. The summed E-state index contributed by atoms with van der Waals surface area (Å²) in [6.45, 7) is 0. The first-order valence-electron chi connectivity index (χ1n) is 6.21. The number of rotatable bonds is 5. The highest BCUT2D eigenvalue weighted by Crippen LogP contribution is 2.27. The number of ketones is 1. The Morgan fingerprint density at radius 1 is 1.19 bits per heavy atom. The van der Waals surface area contributed by atoms with Crippen molar-refractivity contribution in [3.63, 3.8) is 0 Å². The molecule has 1 aromatic carbocycles. The van der Waals surface area contributed by atoms with Crippen LogP contribution in [0, 0.1) is 11.6 Å². The molecule has 0 aliphatic rings. The SMILES string of the molecule is O=C(CCC(Cl)c1ccc(Cl)nc1)c1c(F)cccc1F. The molecule has 1 aromatic heterocycles. The van der Waals surface area contributed by atoms with Gasteiger partial charge in [0.15, 0.2) is 5.78 Å². The van der Waals surface area contributed by atoms with E-state index >= 15 is 0 Å². The lowest BCUT2D eigenvalue weighted by Gasteiger charge is -2.09. The fraction of sp³-hybridized carbons (Fsp3) is 0.200. The molecule has 21 heavy (non-hydrogen) atoms. The van der Waals surface area contributed by atoms with Crippen molar-refractivity contribution >= 4 is 29.0 Å². The van der Waals surface area contributed by atoms with Crippen LogP contribution in [0.2, 0.25) is 5.15 Å². The van der Waals surface area contributed by atoms with Crippen LogP contribution in [0.1, 0.15) is 34.1 Å². The van der Waals surface area contributed by atoms with E-state index in [1.54, 1.807) is 12.1 Å². The number of hydrogen-bond acceptors (Lipinski definition) is 2. The normalized spacial score (nSPS) is 12.2. The molecule has 0 fully saturated rings. The molecule has 0 amide bonds. The number of halogens is 4. The van der Waals surface area contributed by atoms with E-state index in [9.17, 15) is 13.6 Å². The molecule has 0 N–H and O–H groups in total. The number of pyridine rings is 1. The fourth-order valence-corrected chi connectivity index (χ4v) is 2.24. The van der Waals surface area contributed by atoms with E-state index in [-0.39, 0.29) is 12.8 Å². The van der Waals surface area contributed by atoms with Crippen LogP contribution in [0.5, 0.6) is 0 Å². The molecule has 0 saturated heterocycles. The summed E-state index contributed by atoms with van der Waals surface area (Å²) in [5, 5.41) is -0.138. The molecule has 1 unspecified atom stereocenters. The molecule has 0 aliphatic carbocycles. The highest BCUT2D eigenvalue weighted by atomic mass is 35.5. The lowest BCUT2D eigenvalue weighted by atomic mass is 10.0. The summed E-state index contributed by atoms with van der Waals surface area (Å²) >= 11 is 11.8. The van der Waals surface area contributed by atoms with Crippen molar-refractivity contribution in [1.29, 1.82) is 0 Å². The Balaban J connectivity index is 2.02. The van der Waals surface area contributed by atoms with Crippen LogP contribution < -0.4 is 0 Å². The van der Waals surface area contributed by atoms with Gasteiger partial charge in [-0.05, 0) is 30.2 Å². The van der Waals surface area contributed by atoms with Crippen LogP contribution >= 0.6 is 23.2 Å². The monoisotopic (exact) mass is 329 g/mol. The zero-order chi connectivity index (χ0) is 15.4. The van der Waals surface area contributed by atoms with Crippen molar-refractivity contribution < 1.29 is 13.6 Å². The largest absolute Gasteiger partial charge is 0.294 e. The van der Waals surface area contributed by atoms with E-state index < -0.39 is 28.4 Å². The van der Waals surface area contributed by atoms with E-state index in [2.05, 4.69) is 4.98 Å².